The summed E-state index contributed by atoms with van der Waals surface area (Å²) < 4.78 is 0. The lowest BCUT2D eigenvalue weighted by molar-refractivity contribution is -0.117. The summed E-state index contributed by atoms with van der Waals surface area (Å²) in [7, 11) is 0. The number of hydrogen-bond acceptors (Lipinski definition) is 2. The van der Waals surface area contributed by atoms with E-state index in [1.54, 1.807) is 6.92 Å². The average Bonchev–Trinajstić information content (AvgIpc) is 2.39. The summed E-state index contributed by atoms with van der Waals surface area (Å²) in [5.74, 6) is -0.129. The van der Waals surface area contributed by atoms with Gasteiger partial charge in [0.25, 0.3) is 0 Å². The summed E-state index contributed by atoms with van der Waals surface area (Å²) in [5.41, 5.74) is 2.85. The van der Waals surface area contributed by atoms with Crippen molar-refractivity contribution in [2.45, 2.75) is 39.7 Å². The van der Waals surface area contributed by atoms with Crippen molar-refractivity contribution in [2.75, 3.05) is 6.54 Å². The predicted octanol–water partition coefficient (Wildman–Crippen LogP) is 2.68. The Hall–Kier alpha value is -1.61. The zero-order valence-corrected chi connectivity index (χ0v) is 11.9. The normalized spacial score (nSPS) is 13.2. The molecule has 1 unspecified atom stereocenters. The first-order chi connectivity index (χ1) is 9.02. The van der Waals surface area contributed by atoms with Crippen LogP contribution in [0.4, 0.5) is 0 Å². The molecule has 0 fully saturated rings. The third-order valence-electron chi connectivity index (χ3n) is 2.94. The highest BCUT2D eigenvalue weighted by Gasteiger charge is 2.07. The summed E-state index contributed by atoms with van der Waals surface area (Å²) in [6.45, 7) is 6.13. The number of aliphatic hydroxyl groups is 1. The van der Waals surface area contributed by atoms with Gasteiger partial charge in [0.2, 0.25) is 5.91 Å². The lowest BCUT2D eigenvalue weighted by atomic mass is 10.1. The SMILES string of the molecule is CCCC(O)CNC(=O)/C(C)=C/c1ccc(C)cc1. The number of benzene rings is 1. The monoisotopic (exact) mass is 261 g/mol. The van der Waals surface area contributed by atoms with E-state index in [0.717, 1.165) is 12.0 Å². The molecule has 3 heteroatoms. The third kappa shape index (κ3) is 5.71. The molecule has 0 aromatic heterocycles. The summed E-state index contributed by atoms with van der Waals surface area (Å²) in [4.78, 5) is 11.8. The largest absolute Gasteiger partial charge is 0.391 e. The first kappa shape index (κ1) is 15.4. The highest BCUT2D eigenvalue weighted by Crippen LogP contribution is 2.08. The Morgan fingerprint density at radius 1 is 1.37 bits per heavy atom. The molecule has 0 heterocycles. The van der Waals surface area contributed by atoms with Gasteiger partial charge in [-0.25, -0.2) is 0 Å². The van der Waals surface area contributed by atoms with Crippen LogP contribution in [-0.2, 0) is 4.79 Å². The van der Waals surface area contributed by atoms with Crippen LogP contribution in [0.5, 0.6) is 0 Å². The number of aliphatic hydroxyl groups excluding tert-OH is 1. The first-order valence-corrected chi connectivity index (χ1v) is 6.74. The second-order valence-electron chi connectivity index (χ2n) is 4.89. The Balaban J connectivity index is 2.54. The Bertz CT molecular complexity index is 435. The molecule has 1 aromatic rings. The summed E-state index contributed by atoms with van der Waals surface area (Å²) in [6.07, 6.45) is 3.01. The van der Waals surface area contributed by atoms with Gasteiger partial charge in [-0.1, -0.05) is 43.2 Å². The van der Waals surface area contributed by atoms with Crippen molar-refractivity contribution < 1.29 is 9.90 Å². The minimum Gasteiger partial charge on any atom is -0.391 e. The maximum absolute atomic E-state index is 11.8. The van der Waals surface area contributed by atoms with E-state index in [4.69, 9.17) is 0 Å². The van der Waals surface area contributed by atoms with Crippen molar-refractivity contribution in [3.8, 4) is 0 Å². The highest BCUT2D eigenvalue weighted by atomic mass is 16.3. The number of amides is 1. The van der Waals surface area contributed by atoms with Crippen LogP contribution in [0.15, 0.2) is 29.8 Å². The molecule has 1 rings (SSSR count). The van der Waals surface area contributed by atoms with Gasteiger partial charge in [0.15, 0.2) is 0 Å². The van der Waals surface area contributed by atoms with E-state index in [-0.39, 0.29) is 5.91 Å². The second-order valence-corrected chi connectivity index (χ2v) is 4.89. The highest BCUT2D eigenvalue weighted by molar-refractivity contribution is 5.97. The van der Waals surface area contributed by atoms with Crippen LogP contribution in [0.25, 0.3) is 6.08 Å². The van der Waals surface area contributed by atoms with Gasteiger partial charge in [0.1, 0.15) is 0 Å². The van der Waals surface area contributed by atoms with Crippen LogP contribution in [0.2, 0.25) is 0 Å². The number of aryl methyl sites for hydroxylation is 1. The fourth-order valence-electron chi connectivity index (χ4n) is 1.76. The fraction of sp³-hybridized carbons (Fsp3) is 0.438. The van der Waals surface area contributed by atoms with Crippen molar-refractivity contribution in [1.82, 2.24) is 5.32 Å². The molecule has 19 heavy (non-hydrogen) atoms. The van der Waals surface area contributed by atoms with Gasteiger partial charge in [-0.15, -0.1) is 0 Å². The third-order valence-corrected chi connectivity index (χ3v) is 2.94. The van der Waals surface area contributed by atoms with E-state index >= 15 is 0 Å². The Labute approximate surface area is 115 Å². The molecular weight excluding hydrogens is 238 g/mol. The number of hydrogen-bond donors (Lipinski definition) is 2. The lowest BCUT2D eigenvalue weighted by Crippen LogP contribution is -2.32. The van der Waals surface area contributed by atoms with Gasteiger partial charge in [-0.2, -0.15) is 0 Å². The quantitative estimate of drug-likeness (QED) is 0.773. The van der Waals surface area contributed by atoms with Gasteiger partial charge in [0.05, 0.1) is 6.10 Å². The molecule has 1 aromatic carbocycles. The van der Waals surface area contributed by atoms with Crippen LogP contribution >= 0.6 is 0 Å². The molecule has 0 aliphatic heterocycles. The minimum absolute atomic E-state index is 0.129. The van der Waals surface area contributed by atoms with Crippen LogP contribution < -0.4 is 5.32 Å². The van der Waals surface area contributed by atoms with E-state index in [0.29, 0.717) is 18.5 Å². The molecule has 0 aliphatic rings. The number of carbonyl (C=O) groups excluding carboxylic acids is 1. The van der Waals surface area contributed by atoms with E-state index in [2.05, 4.69) is 5.32 Å². The summed E-state index contributed by atoms with van der Waals surface area (Å²) in [6, 6.07) is 8.00. The van der Waals surface area contributed by atoms with Gasteiger partial charge < -0.3 is 10.4 Å². The predicted molar refractivity (Wildman–Crippen MR) is 78.8 cm³/mol. The molecule has 0 saturated carbocycles. The fourth-order valence-corrected chi connectivity index (χ4v) is 1.76. The van der Waals surface area contributed by atoms with Gasteiger partial charge in [0, 0.05) is 12.1 Å². The van der Waals surface area contributed by atoms with E-state index in [1.807, 2.05) is 44.2 Å². The van der Waals surface area contributed by atoms with Gasteiger partial charge >= 0.3 is 0 Å². The summed E-state index contributed by atoms with van der Waals surface area (Å²) in [5, 5.41) is 12.3. The minimum atomic E-state index is -0.457. The number of rotatable bonds is 6. The molecule has 0 aliphatic carbocycles. The van der Waals surface area contributed by atoms with E-state index in [1.165, 1.54) is 5.56 Å². The average molecular weight is 261 g/mol. The van der Waals surface area contributed by atoms with Crippen molar-refractivity contribution in [1.29, 1.82) is 0 Å². The molecule has 3 nitrogen and oxygen atoms in total. The van der Waals surface area contributed by atoms with Crippen molar-refractivity contribution in [3.63, 3.8) is 0 Å². The van der Waals surface area contributed by atoms with Crippen molar-refractivity contribution in [2.24, 2.45) is 0 Å². The smallest absolute Gasteiger partial charge is 0.247 e. The van der Waals surface area contributed by atoms with Crippen LogP contribution in [0.1, 0.15) is 37.8 Å². The molecule has 0 spiro atoms. The summed E-state index contributed by atoms with van der Waals surface area (Å²) >= 11 is 0. The van der Waals surface area contributed by atoms with Crippen LogP contribution in [0.3, 0.4) is 0 Å². The number of carbonyl (C=O) groups is 1. The van der Waals surface area contributed by atoms with Gasteiger partial charge in [-0.05, 0) is 31.9 Å². The molecular formula is C16H23NO2. The standard InChI is InChI=1S/C16H23NO2/c1-4-5-15(18)11-17-16(19)13(3)10-14-8-6-12(2)7-9-14/h6-10,15,18H,4-5,11H2,1-3H3,(H,17,19)/b13-10+. The Kier molecular flexibility index (Phi) is 6.30. The van der Waals surface area contributed by atoms with Gasteiger partial charge in [-0.3, -0.25) is 4.79 Å². The van der Waals surface area contributed by atoms with Crippen LogP contribution in [-0.4, -0.2) is 23.7 Å². The van der Waals surface area contributed by atoms with Crippen molar-refractivity contribution in [3.05, 3.63) is 41.0 Å². The molecule has 1 amide bonds. The maximum Gasteiger partial charge on any atom is 0.247 e. The zero-order chi connectivity index (χ0) is 14.3. The topological polar surface area (TPSA) is 49.3 Å². The molecule has 0 saturated heterocycles. The molecule has 104 valence electrons. The number of nitrogens with one attached hydrogen (secondary N) is 1. The van der Waals surface area contributed by atoms with Crippen molar-refractivity contribution >= 4 is 12.0 Å². The zero-order valence-electron chi connectivity index (χ0n) is 11.9. The second kappa shape index (κ2) is 7.74. The molecule has 1 atom stereocenters. The Morgan fingerprint density at radius 2 is 2.00 bits per heavy atom. The maximum atomic E-state index is 11.8. The first-order valence-electron chi connectivity index (χ1n) is 6.74. The van der Waals surface area contributed by atoms with E-state index in [9.17, 15) is 9.90 Å². The van der Waals surface area contributed by atoms with Crippen LogP contribution in [0, 0.1) is 6.92 Å². The lowest BCUT2D eigenvalue weighted by Gasteiger charge is -2.10. The molecule has 2 N–H and O–H groups in total. The molecule has 0 bridgehead atoms. The van der Waals surface area contributed by atoms with E-state index < -0.39 is 6.10 Å². The molecule has 0 radical (unpaired) electrons. The Morgan fingerprint density at radius 3 is 2.58 bits per heavy atom.